The highest BCUT2D eigenvalue weighted by molar-refractivity contribution is 5.83. The molecule has 0 amide bonds. The third kappa shape index (κ3) is 1.04. The van der Waals surface area contributed by atoms with Crippen LogP contribution in [0.25, 0.3) is 0 Å². The van der Waals surface area contributed by atoms with Gasteiger partial charge in [-0.05, 0) is 6.42 Å². The van der Waals surface area contributed by atoms with E-state index in [-0.39, 0.29) is 29.7 Å². The van der Waals surface area contributed by atoms with Crippen LogP contribution in [0.4, 0.5) is 0 Å². The van der Waals surface area contributed by atoms with Crippen LogP contribution in [0.2, 0.25) is 0 Å². The number of carbonyl (C=O) groups excluding carboxylic acids is 2. The molecule has 0 radical (unpaired) electrons. The molecule has 1 aliphatic carbocycles. The summed E-state index contributed by atoms with van der Waals surface area (Å²) in [4.78, 5) is 22.2. The average Bonchev–Trinajstić information content (AvgIpc) is 2.31. The van der Waals surface area contributed by atoms with Crippen LogP contribution < -0.4 is 0 Å². The number of ether oxygens (including phenoxy) is 1. The summed E-state index contributed by atoms with van der Waals surface area (Å²) in [5.41, 5.74) is 0. The van der Waals surface area contributed by atoms with Crippen molar-refractivity contribution < 1.29 is 14.3 Å². The van der Waals surface area contributed by atoms with E-state index in [0.29, 0.717) is 12.8 Å². The molecule has 1 saturated heterocycles. The van der Waals surface area contributed by atoms with E-state index in [1.165, 1.54) is 0 Å². The van der Waals surface area contributed by atoms with Crippen molar-refractivity contribution in [1.29, 1.82) is 0 Å². The van der Waals surface area contributed by atoms with E-state index in [4.69, 9.17) is 4.74 Å². The second kappa shape index (κ2) is 2.57. The zero-order valence-electron chi connectivity index (χ0n) is 7.08. The van der Waals surface area contributed by atoms with Gasteiger partial charge in [0, 0.05) is 18.8 Å². The van der Waals surface area contributed by atoms with Gasteiger partial charge in [0.05, 0.1) is 5.92 Å². The minimum atomic E-state index is -0.125. The molecule has 2 fully saturated rings. The lowest BCUT2D eigenvalue weighted by molar-refractivity contribution is -0.144. The number of esters is 1. The third-order valence-electron chi connectivity index (χ3n) is 2.93. The zero-order valence-corrected chi connectivity index (χ0v) is 7.08. The number of fused-ring (bicyclic) bond motifs is 1. The van der Waals surface area contributed by atoms with Gasteiger partial charge in [0.25, 0.3) is 0 Å². The molecule has 0 bridgehead atoms. The summed E-state index contributed by atoms with van der Waals surface area (Å²) in [6.07, 6.45) is 1.89. The molecule has 3 nitrogen and oxygen atoms in total. The lowest BCUT2D eigenvalue weighted by atomic mass is 9.80. The highest BCUT2D eigenvalue weighted by Gasteiger charge is 2.44. The zero-order chi connectivity index (χ0) is 8.72. The van der Waals surface area contributed by atoms with Crippen LogP contribution in [-0.4, -0.2) is 17.9 Å². The van der Waals surface area contributed by atoms with E-state index in [0.717, 1.165) is 6.42 Å². The van der Waals surface area contributed by atoms with E-state index < -0.39 is 0 Å². The fourth-order valence-corrected chi connectivity index (χ4v) is 2.09. The van der Waals surface area contributed by atoms with Gasteiger partial charge >= 0.3 is 5.97 Å². The van der Waals surface area contributed by atoms with Gasteiger partial charge in [0.1, 0.15) is 11.9 Å². The molecule has 0 N–H and O–H groups in total. The molecule has 0 unspecified atom stereocenters. The van der Waals surface area contributed by atoms with Crippen molar-refractivity contribution in [3.63, 3.8) is 0 Å². The molecule has 3 atom stereocenters. The van der Waals surface area contributed by atoms with Crippen molar-refractivity contribution >= 4 is 11.8 Å². The minimum absolute atomic E-state index is 0.0326. The second-order valence-electron chi connectivity index (χ2n) is 3.71. The van der Waals surface area contributed by atoms with Crippen molar-refractivity contribution in [1.82, 2.24) is 0 Å². The maximum absolute atomic E-state index is 11.1. The van der Waals surface area contributed by atoms with Gasteiger partial charge in [-0.2, -0.15) is 0 Å². The van der Waals surface area contributed by atoms with Crippen molar-refractivity contribution in [2.24, 2.45) is 11.8 Å². The second-order valence-corrected chi connectivity index (χ2v) is 3.71. The van der Waals surface area contributed by atoms with Crippen molar-refractivity contribution in [3.05, 3.63) is 0 Å². The summed E-state index contributed by atoms with van der Waals surface area (Å²) in [7, 11) is 0. The first kappa shape index (κ1) is 7.77. The Hall–Kier alpha value is -0.860. The van der Waals surface area contributed by atoms with Crippen LogP contribution in [-0.2, 0) is 14.3 Å². The van der Waals surface area contributed by atoms with Crippen molar-refractivity contribution in [3.8, 4) is 0 Å². The number of Topliss-reactive ketones (excluding diaryl/α,β-unsaturated/α-hetero) is 1. The smallest absolute Gasteiger partial charge is 0.309 e. The Morgan fingerprint density at radius 3 is 2.92 bits per heavy atom. The number of hydrogen-bond acceptors (Lipinski definition) is 3. The van der Waals surface area contributed by atoms with Gasteiger partial charge in [-0.15, -0.1) is 0 Å². The summed E-state index contributed by atoms with van der Waals surface area (Å²) in [5.74, 6) is 0.249. The molecule has 1 heterocycles. The predicted octanol–water partition coefficient (Wildman–Crippen LogP) is 0.917. The Morgan fingerprint density at radius 2 is 2.17 bits per heavy atom. The van der Waals surface area contributed by atoms with Gasteiger partial charge in [0.15, 0.2) is 0 Å². The molecule has 66 valence electrons. The number of carbonyl (C=O) groups is 2. The van der Waals surface area contributed by atoms with Crippen molar-refractivity contribution in [2.75, 3.05) is 0 Å². The molecule has 12 heavy (non-hydrogen) atoms. The normalized spacial score (nSPS) is 40.9. The molecule has 0 aromatic heterocycles. The lowest BCUT2D eigenvalue weighted by Gasteiger charge is -2.22. The lowest BCUT2D eigenvalue weighted by Crippen LogP contribution is -2.28. The summed E-state index contributed by atoms with van der Waals surface area (Å²) in [5, 5.41) is 0. The molecule has 1 saturated carbocycles. The molecule has 0 aromatic carbocycles. The highest BCUT2D eigenvalue weighted by Crippen LogP contribution is 2.36. The van der Waals surface area contributed by atoms with E-state index >= 15 is 0 Å². The predicted molar refractivity (Wildman–Crippen MR) is 41.4 cm³/mol. The van der Waals surface area contributed by atoms with Crippen LogP contribution in [0.15, 0.2) is 0 Å². The number of rotatable bonds is 0. The molecule has 0 spiro atoms. The molecule has 0 aromatic rings. The van der Waals surface area contributed by atoms with Gasteiger partial charge in [-0.25, -0.2) is 0 Å². The molecule has 2 rings (SSSR count). The molecule has 2 aliphatic rings. The SMILES string of the molecule is C[C@H]1C(=O)O[C@@H]2CCC(=O)C[C@@H]21. The van der Waals surface area contributed by atoms with Crippen LogP contribution in [0.3, 0.4) is 0 Å². The highest BCUT2D eigenvalue weighted by atomic mass is 16.6. The first-order chi connectivity index (χ1) is 5.68. The maximum atomic E-state index is 11.1. The van der Waals surface area contributed by atoms with Gasteiger partial charge < -0.3 is 4.74 Å². The maximum Gasteiger partial charge on any atom is 0.309 e. The van der Waals surface area contributed by atoms with Crippen LogP contribution >= 0.6 is 0 Å². The molecular formula is C9H12O3. The largest absolute Gasteiger partial charge is 0.462 e. The summed E-state index contributed by atoms with van der Waals surface area (Å²) >= 11 is 0. The van der Waals surface area contributed by atoms with E-state index in [9.17, 15) is 9.59 Å². The monoisotopic (exact) mass is 168 g/mol. The molecule has 1 aliphatic heterocycles. The molecule has 3 heteroatoms. The third-order valence-corrected chi connectivity index (χ3v) is 2.93. The average molecular weight is 168 g/mol. The van der Waals surface area contributed by atoms with Gasteiger partial charge in [-0.1, -0.05) is 6.92 Å². The Balaban J connectivity index is 2.15. The Kier molecular flexibility index (Phi) is 1.67. The summed E-state index contributed by atoms with van der Waals surface area (Å²) < 4.78 is 5.13. The van der Waals surface area contributed by atoms with E-state index in [2.05, 4.69) is 0 Å². The van der Waals surface area contributed by atoms with Gasteiger partial charge in [-0.3, -0.25) is 9.59 Å². The Labute approximate surface area is 71.1 Å². The number of ketones is 1. The van der Waals surface area contributed by atoms with Gasteiger partial charge in [0.2, 0.25) is 0 Å². The fraction of sp³-hybridized carbons (Fsp3) is 0.778. The minimum Gasteiger partial charge on any atom is -0.462 e. The van der Waals surface area contributed by atoms with E-state index in [1.54, 1.807) is 0 Å². The van der Waals surface area contributed by atoms with Crippen LogP contribution in [0.1, 0.15) is 26.2 Å². The summed E-state index contributed by atoms with van der Waals surface area (Å²) in [6, 6.07) is 0. The van der Waals surface area contributed by atoms with Crippen LogP contribution in [0, 0.1) is 11.8 Å². The van der Waals surface area contributed by atoms with Crippen LogP contribution in [0.5, 0.6) is 0 Å². The van der Waals surface area contributed by atoms with Crippen molar-refractivity contribution in [2.45, 2.75) is 32.3 Å². The van der Waals surface area contributed by atoms with E-state index in [1.807, 2.05) is 6.92 Å². The molecular weight excluding hydrogens is 156 g/mol. The standard InChI is InChI=1S/C9H12O3/c1-5-7-4-6(10)2-3-8(7)12-9(5)11/h5,7-8H,2-4H2,1H3/t5-,7-,8-/m1/s1. The Bertz CT molecular complexity index is 234. The summed E-state index contributed by atoms with van der Waals surface area (Å²) in [6.45, 7) is 1.85. The first-order valence-electron chi connectivity index (χ1n) is 4.40. The Morgan fingerprint density at radius 1 is 1.42 bits per heavy atom. The quantitative estimate of drug-likeness (QED) is 0.505. The topological polar surface area (TPSA) is 43.4 Å². The first-order valence-corrected chi connectivity index (χ1v) is 4.40. The fourth-order valence-electron chi connectivity index (χ4n) is 2.09. The number of hydrogen-bond donors (Lipinski definition) is 0.